The van der Waals surface area contributed by atoms with Crippen molar-refractivity contribution in [1.82, 2.24) is 19.9 Å². The van der Waals surface area contributed by atoms with Gasteiger partial charge in [-0.1, -0.05) is 6.07 Å². The number of hydrogen-bond donors (Lipinski definition) is 1. The summed E-state index contributed by atoms with van der Waals surface area (Å²) >= 11 is 0. The van der Waals surface area contributed by atoms with E-state index < -0.39 is 0 Å². The summed E-state index contributed by atoms with van der Waals surface area (Å²) in [5.74, 6) is 0.720. The molecule has 2 aromatic heterocycles. The standard InChI is InChI=1S/C19H25N5O/c1-2-8-20-17(4-1)15-24-11-6-19(7-12-24)14-16(5-13-25-19)23-18-21-9-3-10-22-18/h1-4,8-10,16H,5-7,11-15H2,(H,21,22,23)/t16-/m0/s1. The van der Waals surface area contributed by atoms with Crippen molar-refractivity contribution in [3.63, 3.8) is 0 Å². The molecular weight excluding hydrogens is 314 g/mol. The van der Waals surface area contributed by atoms with Crippen LogP contribution in [0.4, 0.5) is 5.95 Å². The van der Waals surface area contributed by atoms with Gasteiger partial charge in [-0.2, -0.15) is 0 Å². The van der Waals surface area contributed by atoms with Gasteiger partial charge in [-0.3, -0.25) is 9.88 Å². The number of aromatic nitrogens is 3. The molecule has 0 saturated carbocycles. The zero-order valence-corrected chi connectivity index (χ0v) is 14.5. The predicted molar refractivity (Wildman–Crippen MR) is 96.1 cm³/mol. The fraction of sp³-hybridized carbons (Fsp3) is 0.526. The van der Waals surface area contributed by atoms with Crippen molar-refractivity contribution >= 4 is 5.95 Å². The zero-order valence-electron chi connectivity index (χ0n) is 14.5. The van der Waals surface area contributed by atoms with Crippen molar-refractivity contribution in [3.8, 4) is 0 Å². The van der Waals surface area contributed by atoms with Crippen molar-refractivity contribution in [2.24, 2.45) is 0 Å². The number of rotatable bonds is 4. The average Bonchev–Trinajstić information content (AvgIpc) is 2.66. The van der Waals surface area contributed by atoms with Crippen LogP contribution in [0.5, 0.6) is 0 Å². The van der Waals surface area contributed by atoms with Crippen LogP contribution >= 0.6 is 0 Å². The molecule has 25 heavy (non-hydrogen) atoms. The molecule has 0 amide bonds. The largest absolute Gasteiger partial charge is 0.375 e. The van der Waals surface area contributed by atoms with Crippen LogP contribution in [0.25, 0.3) is 0 Å². The van der Waals surface area contributed by atoms with Crippen LogP contribution in [0.15, 0.2) is 42.9 Å². The summed E-state index contributed by atoms with van der Waals surface area (Å²) in [6, 6.07) is 8.35. The lowest BCUT2D eigenvalue weighted by Crippen LogP contribution is -2.51. The fourth-order valence-corrected chi connectivity index (χ4v) is 3.90. The third-order valence-electron chi connectivity index (χ3n) is 5.27. The monoisotopic (exact) mass is 339 g/mol. The Morgan fingerprint density at radius 3 is 2.64 bits per heavy atom. The van der Waals surface area contributed by atoms with Crippen LogP contribution in [-0.2, 0) is 11.3 Å². The minimum absolute atomic E-state index is 0.00527. The van der Waals surface area contributed by atoms with Gasteiger partial charge < -0.3 is 10.1 Å². The van der Waals surface area contributed by atoms with E-state index in [1.807, 2.05) is 18.3 Å². The second-order valence-electron chi connectivity index (χ2n) is 7.04. The molecule has 0 radical (unpaired) electrons. The maximum absolute atomic E-state index is 6.25. The third-order valence-corrected chi connectivity index (χ3v) is 5.27. The Kier molecular flexibility index (Phi) is 4.90. The molecular formula is C19H25N5O. The molecule has 6 nitrogen and oxygen atoms in total. The highest BCUT2D eigenvalue weighted by Gasteiger charge is 2.40. The summed E-state index contributed by atoms with van der Waals surface area (Å²) in [4.78, 5) is 15.5. The first-order valence-electron chi connectivity index (χ1n) is 9.11. The van der Waals surface area contributed by atoms with Crippen molar-refractivity contribution in [3.05, 3.63) is 48.5 Å². The summed E-state index contributed by atoms with van der Waals surface area (Å²) in [7, 11) is 0. The zero-order chi connectivity index (χ0) is 17.0. The van der Waals surface area contributed by atoms with Gasteiger partial charge >= 0.3 is 0 Å². The minimum atomic E-state index is 0.00527. The second kappa shape index (κ2) is 7.45. The molecule has 2 fully saturated rings. The van der Waals surface area contributed by atoms with E-state index in [0.29, 0.717) is 6.04 Å². The van der Waals surface area contributed by atoms with Crippen molar-refractivity contribution in [2.75, 3.05) is 25.0 Å². The van der Waals surface area contributed by atoms with Crippen LogP contribution < -0.4 is 5.32 Å². The van der Waals surface area contributed by atoms with E-state index in [4.69, 9.17) is 4.74 Å². The summed E-state index contributed by atoms with van der Waals surface area (Å²) in [5, 5.41) is 3.48. The fourth-order valence-electron chi connectivity index (χ4n) is 3.90. The summed E-state index contributed by atoms with van der Waals surface area (Å²) in [6.07, 6.45) is 9.62. The molecule has 132 valence electrons. The summed E-state index contributed by atoms with van der Waals surface area (Å²) in [5.41, 5.74) is 1.15. The Labute approximate surface area is 148 Å². The Morgan fingerprint density at radius 2 is 1.88 bits per heavy atom. The van der Waals surface area contributed by atoms with Crippen LogP contribution in [0, 0.1) is 0 Å². The van der Waals surface area contributed by atoms with Gasteiger partial charge in [0.25, 0.3) is 0 Å². The van der Waals surface area contributed by atoms with Gasteiger partial charge in [-0.05, 0) is 43.9 Å². The molecule has 4 rings (SSSR count). The molecule has 6 heteroatoms. The molecule has 0 unspecified atom stereocenters. The van der Waals surface area contributed by atoms with Crippen LogP contribution in [0.2, 0.25) is 0 Å². The molecule has 2 aromatic rings. The molecule has 0 bridgehead atoms. The number of nitrogens with zero attached hydrogens (tertiary/aromatic N) is 4. The van der Waals surface area contributed by atoms with Gasteiger partial charge in [0.05, 0.1) is 11.3 Å². The molecule has 0 aliphatic carbocycles. The molecule has 1 atom stereocenters. The number of anilines is 1. The highest BCUT2D eigenvalue weighted by molar-refractivity contribution is 5.25. The molecule has 2 aliphatic rings. The quantitative estimate of drug-likeness (QED) is 0.923. The van der Waals surface area contributed by atoms with Gasteiger partial charge in [0.2, 0.25) is 5.95 Å². The van der Waals surface area contributed by atoms with E-state index in [2.05, 4.69) is 37.3 Å². The highest BCUT2D eigenvalue weighted by Crippen LogP contribution is 2.36. The average molecular weight is 339 g/mol. The van der Waals surface area contributed by atoms with E-state index in [-0.39, 0.29) is 5.60 Å². The number of nitrogens with one attached hydrogen (secondary N) is 1. The van der Waals surface area contributed by atoms with E-state index in [1.54, 1.807) is 12.4 Å². The van der Waals surface area contributed by atoms with Gasteiger partial charge in [-0.25, -0.2) is 9.97 Å². The molecule has 2 saturated heterocycles. The Morgan fingerprint density at radius 1 is 1.08 bits per heavy atom. The van der Waals surface area contributed by atoms with E-state index >= 15 is 0 Å². The van der Waals surface area contributed by atoms with Crippen molar-refractivity contribution in [1.29, 1.82) is 0 Å². The summed E-state index contributed by atoms with van der Waals surface area (Å²) < 4.78 is 6.25. The highest BCUT2D eigenvalue weighted by atomic mass is 16.5. The lowest BCUT2D eigenvalue weighted by Gasteiger charge is -2.46. The number of pyridine rings is 1. The van der Waals surface area contributed by atoms with E-state index in [0.717, 1.165) is 63.6 Å². The lowest BCUT2D eigenvalue weighted by molar-refractivity contribution is -0.115. The van der Waals surface area contributed by atoms with Gasteiger partial charge in [0.1, 0.15) is 0 Å². The van der Waals surface area contributed by atoms with Crippen LogP contribution in [-0.4, -0.2) is 51.2 Å². The molecule has 4 heterocycles. The molecule has 1 N–H and O–H groups in total. The van der Waals surface area contributed by atoms with Gasteiger partial charge in [0.15, 0.2) is 0 Å². The van der Waals surface area contributed by atoms with E-state index in [1.165, 1.54) is 0 Å². The lowest BCUT2D eigenvalue weighted by atomic mass is 9.82. The Balaban J connectivity index is 1.32. The van der Waals surface area contributed by atoms with Crippen molar-refractivity contribution < 1.29 is 4.74 Å². The van der Waals surface area contributed by atoms with Crippen LogP contribution in [0.1, 0.15) is 31.4 Å². The number of hydrogen-bond acceptors (Lipinski definition) is 6. The maximum Gasteiger partial charge on any atom is 0.222 e. The number of ether oxygens (including phenoxy) is 1. The number of likely N-dealkylation sites (tertiary alicyclic amines) is 1. The minimum Gasteiger partial charge on any atom is -0.375 e. The number of piperidine rings is 1. The van der Waals surface area contributed by atoms with E-state index in [9.17, 15) is 0 Å². The molecule has 0 aromatic carbocycles. The first kappa shape index (κ1) is 16.4. The first-order chi connectivity index (χ1) is 12.3. The first-order valence-corrected chi connectivity index (χ1v) is 9.11. The Bertz CT molecular complexity index is 658. The van der Waals surface area contributed by atoms with Gasteiger partial charge in [0, 0.05) is 50.9 Å². The molecule has 1 spiro atoms. The Hall–Kier alpha value is -2.05. The smallest absolute Gasteiger partial charge is 0.222 e. The van der Waals surface area contributed by atoms with Crippen molar-refractivity contribution in [2.45, 2.75) is 43.9 Å². The van der Waals surface area contributed by atoms with Crippen LogP contribution in [0.3, 0.4) is 0 Å². The predicted octanol–water partition coefficient (Wildman–Crippen LogP) is 2.50. The normalized spacial score (nSPS) is 23.4. The summed E-state index contributed by atoms with van der Waals surface area (Å²) in [6.45, 7) is 3.86. The topological polar surface area (TPSA) is 63.2 Å². The second-order valence-corrected chi connectivity index (χ2v) is 7.04. The maximum atomic E-state index is 6.25. The van der Waals surface area contributed by atoms with Gasteiger partial charge in [-0.15, -0.1) is 0 Å². The molecule has 2 aliphatic heterocycles. The SMILES string of the molecule is c1ccc(CN2CCC3(CC2)C[C@@H](Nc2ncccn2)CCO3)nc1. The third kappa shape index (κ3) is 4.14.